The van der Waals surface area contributed by atoms with E-state index in [1.807, 2.05) is 48.5 Å². The van der Waals surface area contributed by atoms with Gasteiger partial charge in [-0.1, -0.05) is 29.4 Å². The molecule has 5 nitrogen and oxygen atoms in total. The van der Waals surface area contributed by atoms with Crippen molar-refractivity contribution in [2.45, 2.75) is 16.3 Å². The number of hydrogen-bond acceptors (Lipinski definition) is 4. The van der Waals surface area contributed by atoms with Gasteiger partial charge in [0.2, 0.25) is 0 Å². The molecule has 3 aromatic rings. The fourth-order valence-corrected chi connectivity index (χ4v) is 3.06. The molecule has 1 aromatic heterocycles. The van der Waals surface area contributed by atoms with Crippen molar-refractivity contribution in [1.82, 2.24) is 10.2 Å². The highest BCUT2D eigenvalue weighted by molar-refractivity contribution is 7.99. The van der Waals surface area contributed by atoms with Crippen LogP contribution in [-0.2, 0) is 6.54 Å². The number of nitrogens with one attached hydrogen (secondary N) is 2. The number of anilines is 1. The minimum Gasteiger partial charge on any atom is -0.325 e. The number of H-pyrrole nitrogens is 1. The second kappa shape index (κ2) is 7.53. The second-order valence-electron chi connectivity index (χ2n) is 5.02. The molecule has 24 heavy (non-hydrogen) atoms. The predicted octanol–water partition coefficient (Wildman–Crippen LogP) is 3.93. The molecule has 3 rings (SSSR count). The van der Waals surface area contributed by atoms with Crippen molar-refractivity contribution >= 4 is 35.0 Å². The zero-order valence-electron chi connectivity index (χ0n) is 12.6. The number of nitrogens with two attached hydrogens (primary N) is 1. The first-order valence-electron chi connectivity index (χ1n) is 7.23. The molecule has 1 amide bonds. The molecule has 0 atom stereocenters. The highest BCUT2D eigenvalue weighted by atomic mass is 35.5. The Balaban J connectivity index is 1.70. The number of aromatic nitrogens is 2. The molecule has 0 unspecified atom stereocenters. The summed E-state index contributed by atoms with van der Waals surface area (Å²) in [5.74, 6) is -0.278. The lowest BCUT2D eigenvalue weighted by atomic mass is 10.3. The smallest absolute Gasteiger partial charge is 0.276 e. The van der Waals surface area contributed by atoms with Crippen LogP contribution < -0.4 is 11.1 Å². The van der Waals surface area contributed by atoms with Gasteiger partial charge >= 0.3 is 0 Å². The zero-order chi connectivity index (χ0) is 16.9. The molecule has 0 radical (unpaired) electrons. The summed E-state index contributed by atoms with van der Waals surface area (Å²) in [6.45, 7) is 0.313. The van der Waals surface area contributed by atoms with E-state index in [0.29, 0.717) is 28.6 Å². The fourth-order valence-electron chi connectivity index (χ4n) is 2.05. The van der Waals surface area contributed by atoms with Gasteiger partial charge in [-0.25, -0.2) is 0 Å². The van der Waals surface area contributed by atoms with Crippen molar-refractivity contribution in [1.29, 1.82) is 0 Å². The molecule has 0 bridgehead atoms. The van der Waals surface area contributed by atoms with E-state index in [1.165, 1.54) is 0 Å². The van der Waals surface area contributed by atoms with Crippen molar-refractivity contribution in [2.75, 3.05) is 5.32 Å². The van der Waals surface area contributed by atoms with Crippen LogP contribution in [0.1, 0.15) is 16.2 Å². The molecular weight excluding hydrogens is 344 g/mol. The Morgan fingerprint density at radius 3 is 2.67 bits per heavy atom. The number of nitrogens with zero attached hydrogens (tertiary/aromatic N) is 1. The maximum absolute atomic E-state index is 12.2. The highest BCUT2D eigenvalue weighted by Crippen LogP contribution is 2.30. The molecule has 0 aliphatic rings. The minimum atomic E-state index is -0.278. The van der Waals surface area contributed by atoms with Gasteiger partial charge < -0.3 is 11.1 Å². The van der Waals surface area contributed by atoms with Gasteiger partial charge in [0, 0.05) is 32.7 Å². The third-order valence-electron chi connectivity index (χ3n) is 3.22. The lowest BCUT2D eigenvalue weighted by Gasteiger charge is -2.06. The van der Waals surface area contributed by atoms with Crippen LogP contribution >= 0.6 is 23.4 Å². The summed E-state index contributed by atoms with van der Waals surface area (Å²) in [6, 6.07) is 16.9. The molecule has 2 aromatic carbocycles. The van der Waals surface area contributed by atoms with E-state index >= 15 is 0 Å². The molecule has 0 aliphatic carbocycles. The third-order valence-corrected chi connectivity index (χ3v) is 4.47. The summed E-state index contributed by atoms with van der Waals surface area (Å²) in [4.78, 5) is 14.3. The maximum atomic E-state index is 12.2. The summed E-state index contributed by atoms with van der Waals surface area (Å²) in [5, 5.41) is 10.2. The highest BCUT2D eigenvalue weighted by Gasteiger charge is 2.10. The van der Waals surface area contributed by atoms with Gasteiger partial charge in [0.25, 0.3) is 5.91 Å². The number of aromatic amines is 1. The molecular formula is C17H15ClN4OS. The average molecular weight is 359 g/mol. The number of carbonyl (C=O) groups is 1. The first-order valence-corrected chi connectivity index (χ1v) is 8.42. The Bertz CT molecular complexity index is 848. The molecule has 0 fully saturated rings. The maximum Gasteiger partial charge on any atom is 0.276 e. The van der Waals surface area contributed by atoms with Crippen LogP contribution in [0.3, 0.4) is 0 Å². The summed E-state index contributed by atoms with van der Waals surface area (Å²) >= 11 is 7.49. The third kappa shape index (κ3) is 4.17. The Hall–Kier alpha value is -2.28. The number of carbonyl (C=O) groups excluding carboxylic acids is 1. The quantitative estimate of drug-likeness (QED) is 0.645. The molecule has 0 saturated carbocycles. The number of amides is 1. The molecule has 0 spiro atoms. The van der Waals surface area contributed by atoms with Crippen molar-refractivity contribution in [3.05, 3.63) is 71.0 Å². The van der Waals surface area contributed by atoms with Gasteiger partial charge in [-0.3, -0.25) is 9.89 Å². The van der Waals surface area contributed by atoms with E-state index in [-0.39, 0.29) is 5.91 Å². The van der Waals surface area contributed by atoms with E-state index in [2.05, 4.69) is 15.5 Å². The topological polar surface area (TPSA) is 83.8 Å². The van der Waals surface area contributed by atoms with E-state index in [9.17, 15) is 4.79 Å². The normalized spacial score (nSPS) is 10.6. The van der Waals surface area contributed by atoms with Gasteiger partial charge in [0.1, 0.15) is 0 Å². The summed E-state index contributed by atoms with van der Waals surface area (Å²) < 4.78 is 0. The van der Waals surface area contributed by atoms with Gasteiger partial charge in [0.05, 0.1) is 0 Å². The molecule has 0 saturated heterocycles. The van der Waals surface area contributed by atoms with Crippen LogP contribution in [0.5, 0.6) is 0 Å². The second-order valence-corrected chi connectivity index (χ2v) is 6.60. The lowest BCUT2D eigenvalue weighted by Crippen LogP contribution is -2.12. The van der Waals surface area contributed by atoms with E-state index in [0.717, 1.165) is 9.79 Å². The minimum absolute atomic E-state index is 0.278. The number of benzene rings is 2. The molecule has 4 N–H and O–H groups in total. The number of halogens is 1. The SMILES string of the molecule is NCc1cc(C(=O)Nc2cccc(Sc3ccc(Cl)cc3)c2)n[nH]1. The van der Waals surface area contributed by atoms with E-state index in [1.54, 1.807) is 17.8 Å². The average Bonchev–Trinajstić information content (AvgIpc) is 3.07. The van der Waals surface area contributed by atoms with Gasteiger partial charge in [0.15, 0.2) is 5.69 Å². The lowest BCUT2D eigenvalue weighted by molar-refractivity contribution is 0.102. The molecule has 1 heterocycles. The molecule has 7 heteroatoms. The monoisotopic (exact) mass is 358 g/mol. The van der Waals surface area contributed by atoms with Crippen molar-refractivity contribution in [3.63, 3.8) is 0 Å². The van der Waals surface area contributed by atoms with Gasteiger partial charge in [-0.05, 0) is 48.5 Å². The fraction of sp³-hybridized carbons (Fsp3) is 0.0588. The van der Waals surface area contributed by atoms with Crippen molar-refractivity contribution < 1.29 is 4.79 Å². The van der Waals surface area contributed by atoms with Gasteiger partial charge in [-0.15, -0.1) is 0 Å². The Morgan fingerprint density at radius 2 is 1.96 bits per heavy atom. The molecule has 0 aliphatic heterocycles. The molecule has 122 valence electrons. The first kappa shape index (κ1) is 16.6. The van der Waals surface area contributed by atoms with Crippen LogP contribution in [0.4, 0.5) is 5.69 Å². The Kier molecular flexibility index (Phi) is 5.20. The predicted molar refractivity (Wildman–Crippen MR) is 96.4 cm³/mol. The van der Waals surface area contributed by atoms with Gasteiger partial charge in [-0.2, -0.15) is 5.10 Å². The van der Waals surface area contributed by atoms with Crippen LogP contribution in [0, 0.1) is 0 Å². The first-order chi connectivity index (χ1) is 11.6. The van der Waals surface area contributed by atoms with Crippen LogP contribution in [0.15, 0.2) is 64.4 Å². The standard InChI is InChI=1S/C17H15ClN4OS/c18-11-4-6-14(7-5-11)24-15-3-1-2-12(8-15)20-17(23)16-9-13(10-19)21-22-16/h1-9H,10,19H2,(H,20,23)(H,21,22). The van der Waals surface area contributed by atoms with Crippen molar-refractivity contribution in [2.24, 2.45) is 5.73 Å². The number of hydrogen-bond donors (Lipinski definition) is 3. The summed E-state index contributed by atoms with van der Waals surface area (Å²) in [5.41, 5.74) is 7.24. The summed E-state index contributed by atoms with van der Waals surface area (Å²) in [7, 11) is 0. The van der Waals surface area contributed by atoms with Crippen LogP contribution in [0.25, 0.3) is 0 Å². The Morgan fingerprint density at radius 1 is 1.17 bits per heavy atom. The largest absolute Gasteiger partial charge is 0.325 e. The number of rotatable bonds is 5. The Labute approximate surface area is 148 Å². The van der Waals surface area contributed by atoms with E-state index in [4.69, 9.17) is 17.3 Å². The van der Waals surface area contributed by atoms with Crippen LogP contribution in [0.2, 0.25) is 5.02 Å². The van der Waals surface area contributed by atoms with E-state index < -0.39 is 0 Å². The zero-order valence-corrected chi connectivity index (χ0v) is 14.2. The summed E-state index contributed by atoms with van der Waals surface area (Å²) in [6.07, 6.45) is 0. The van der Waals surface area contributed by atoms with Crippen LogP contribution in [-0.4, -0.2) is 16.1 Å². The van der Waals surface area contributed by atoms with Crippen molar-refractivity contribution in [3.8, 4) is 0 Å².